The minimum absolute atomic E-state index is 0.0200. The van der Waals surface area contributed by atoms with E-state index < -0.39 is 23.2 Å². The monoisotopic (exact) mass is 447 g/mol. The Bertz CT molecular complexity index is 995. The highest BCUT2D eigenvalue weighted by molar-refractivity contribution is 5.97. The molecule has 7 nitrogen and oxygen atoms in total. The number of halogens is 2. The maximum atomic E-state index is 13.8. The fraction of sp³-hybridized carbons (Fsp3) is 0.522. The molecule has 0 bridgehead atoms. The number of nitrogens with one attached hydrogen (secondary N) is 1. The minimum Gasteiger partial charge on any atom is -0.462 e. The molecule has 1 N–H and O–H groups in total. The van der Waals surface area contributed by atoms with Gasteiger partial charge in [-0.25, -0.2) is 13.6 Å². The van der Waals surface area contributed by atoms with Crippen LogP contribution >= 0.6 is 0 Å². The molecule has 0 unspecified atom stereocenters. The van der Waals surface area contributed by atoms with Crippen LogP contribution in [0.2, 0.25) is 0 Å². The Morgan fingerprint density at radius 2 is 2.00 bits per heavy atom. The summed E-state index contributed by atoms with van der Waals surface area (Å²) in [6.07, 6.45) is 3.48. The molecule has 2 aliphatic rings. The van der Waals surface area contributed by atoms with Crippen molar-refractivity contribution in [1.82, 2.24) is 15.1 Å². The number of aromatic nitrogens is 2. The lowest BCUT2D eigenvalue weighted by molar-refractivity contribution is 0.0152. The average molecular weight is 447 g/mol. The van der Waals surface area contributed by atoms with E-state index in [4.69, 9.17) is 9.47 Å². The normalized spacial score (nSPS) is 17.5. The van der Waals surface area contributed by atoms with Gasteiger partial charge in [-0.15, -0.1) is 0 Å². The Morgan fingerprint density at radius 3 is 2.69 bits per heavy atom. The standard InChI is InChI=1S/C23H27F2N3O4/c1-2-17-20-18(13-23(14-26-21(20)29)7-11-31-12-8-23)28(27-17)9-4-10-32-22(30)19-15(24)5-3-6-16(19)25/h3,5-6H,2,4,7-14H2,1H3,(H,26,29). The van der Waals surface area contributed by atoms with E-state index in [1.54, 1.807) is 0 Å². The van der Waals surface area contributed by atoms with E-state index in [1.807, 2.05) is 11.6 Å². The van der Waals surface area contributed by atoms with Crippen molar-refractivity contribution < 1.29 is 27.8 Å². The van der Waals surface area contributed by atoms with Gasteiger partial charge < -0.3 is 14.8 Å². The zero-order valence-corrected chi connectivity index (χ0v) is 18.1. The Balaban J connectivity index is 1.46. The molecule has 1 saturated heterocycles. The Morgan fingerprint density at radius 1 is 1.28 bits per heavy atom. The molecule has 172 valence electrons. The smallest absolute Gasteiger partial charge is 0.344 e. The lowest BCUT2D eigenvalue weighted by Crippen LogP contribution is -2.40. The molecule has 1 amide bonds. The highest BCUT2D eigenvalue weighted by atomic mass is 19.1. The molecule has 2 aromatic rings. The third-order valence-corrected chi connectivity index (χ3v) is 6.33. The number of fused-ring (bicyclic) bond motifs is 1. The lowest BCUT2D eigenvalue weighted by Gasteiger charge is -2.36. The average Bonchev–Trinajstić information content (AvgIpc) is 3.05. The number of hydrogen-bond acceptors (Lipinski definition) is 5. The van der Waals surface area contributed by atoms with E-state index in [9.17, 15) is 18.4 Å². The maximum absolute atomic E-state index is 13.8. The van der Waals surface area contributed by atoms with Gasteiger partial charge in [0.15, 0.2) is 0 Å². The van der Waals surface area contributed by atoms with Crippen LogP contribution in [0, 0.1) is 17.0 Å². The molecule has 9 heteroatoms. The second-order valence-corrected chi connectivity index (χ2v) is 8.40. The summed E-state index contributed by atoms with van der Waals surface area (Å²) >= 11 is 0. The summed E-state index contributed by atoms with van der Waals surface area (Å²) in [5.41, 5.74) is 1.53. The van der Waals surface area contributed by atoms with Gasteiger partial charge in [-0.2, -0.15) is 5.10 Å². The number of carbonyl (C=O) groups is 2. The molecule has 0 saturated carbocycles. The van der Waals surface area contributed by atoms with E-state index in [0.717, 1.165) is 42.8 Å². The molecule has 3 heterocycles. The molecular weight excluding hydrogens is 420 g/mol. The van der Waals surface area contributed by atoms with Crippen molar-refractivity contribution in [3.05, 3.63) is 52.3 Å². The van der Waals surface area contributed by atoms with Gasteiger partial charge >= 0.3 is 5.97 Å². The first kappa shape index (κ1) is 22.4. The quantitative estimate of drug-likeness (QED) is 0.544. The van der Waals surface area contributed by atoms with Gasteiger partial charge in [0.1, 0.15) is 17.2 Å². The van der Waals surface area contributed by atoms with Crippen molar-refractivity contribution in [2.24, 2.45) is 5.41 Å². The van der Waals surface area contributed by atoms with E-state index in [-0.39, 0.29) is 17.9 Å². The first-order chi connectivity index (χ1) is 15.4. The van der Waals surface area contributed by atoms with Crippen LogP contribution in [0.1, 0.15) is 58.3 Å². The molecule has 0 radical (unpaired) electrons. The van der Waals surface area contributed by atoms with E-state index in [2.05, 4.69) is 10.4 Å². The molecule has 4 rings (SSSR count). The van der Waals surface area contributed by atoms with E-state index in [0.29, 0.717) is 44.7 Å². The van der Waals surface area contributed by atoms with Crippen LogP contribution < -0.4 is 5.32 Å². The van der Waals surface area contributed by atoms with Crippen LogP contribution in [-0.2, 0) is 28.9 Å². The SMILES string of the molecule is CCc1nn(CCCOC(=O)c2c(F)cccc2F)c2c1C(=O)NCC1(CCOCC1)C2. The predicted molar refractivity (Wildman–Crippen MR) is 111 cm³/mol. The highest BCUT2D eigenvalue weighted by Crippen LogP contribution is 2.37. The number of nitrogens with zero attached hydrogens (tertiary/aromatic N) is 2. The van der Waals surface area contributed by atoms with Crippen molar-refractivity contribution in [1.29, 1.82) is 0 Å². The summed E-state index contributed by atoms with van der Waals surface area (Å²) in [5, 5.41) is 7.72. The van der Waals surface area contributed by atoms with Crippen LogP contribution in [0.5, 0.6) is 0 Å². The second-order valence-electron chi connectivity index (χ2n) is 8.40. The van der Waals surface area contributed by atoms with Gasteiger partial charge in [-0.05, 0) is 43.2 Å². The number of rotatable bonds is 6. The van der Waals surface area contributed by atoms with Crippen LogP contribution in [0.4, 0.5) is 8.78 Å². The number of aryl methyl sites for hydroxylation is 2. The Labute approximate surface area is 185 Å². The Hall–Kier alpha value is -2.81. The summed E-state index contributed by atoms with van der Waals surface area (Å²) in [5.74, 6) is -3.04. The minimum atomic E-state index is -1.03. The number of carbonyl (C=O) groups excluding carboxylic acids is 2. The third kappa shape index (κ3) is 4.39. The number of amides is 1. The van der Waals surface area contributed by atoms with Crippen molar-refractivity contribution in [2.45, 2.75) is 45.6 Å². The van der Waals surface area contributed by atoms with E-state index >= 15 is 0 Å². The fourth-order valence-electron chi connectivity index (χ4n) is 4.50. The van der Waals surface area contributed by atoms with Crippen LogP contribution in [0.25, 0.3) is 0 Å². The number of benzene rings is 1. The molecule has 1 aromatic heterocycles. The van der Waals surface area contributed by atoms with Gasteiger partial charge in [-0.1, -0.05) is 13.0 Å². The molecule has 32 heavy (non-hydrogen) atoms. The number of ether oxygens (including phenoxy) is 2. The first-order valence-corrected chi connectivity index (χ1v) is 11.0. The van der Waals surface area contributed by atoms with Crippen molar-refractivity contribution in [2.75, 3.05) is 26.4 Å². The lowest BCUT2D eigenvalue weighted by atomic mass is 9.76. The van der Waals surface area contributed by atoms with Gasteiger partial charge in [0, 0.05) is 32.7 Å². The summed E-state index contributed by atoms with van der Waals surface area (Å²) < 4.78 is 39.9. The summed E-state index contributed by atoms with van der Waals surface area (Å²) in [7, 11) is 0. The van der Waals surface area contributed by atoms with Crippen LogP contribution in [0.15, 0.2) is 18.2 Å². The zero-order valence-electron chi connectivity index (χ0n) is 18.1. The molecule has 0 aliphatic carbocycles. The molecular formula is C23H27F2N3O4. The largest absolute Gasteiger partial charge is 0.462 e. The third-order valence-electron chi connectivity index (χ3n) is 6.33. The van der Waals surface area contributed by atoms with Crippen molar-refractivity contribution in [3.63, 3.8) is 0 Å². The van der Waals surface area contributed by atoms with Gasteiger partial charge in [0.2, 0.25) is 0 Å². The van der Waals surface area contributed by atoms with Gasteiger partial charge in [0.25, 0.3) is 5.91 Å². The molecule has 1 aromatic carbocycles. The topological polar surface area (TPSA) is 82.5 Å². The van der Waals surface area contributed by atoms with E-state index in [1.165, 1.54) is 6.07 Å². The van der Waals surface area contributed by atoms with Crippen molar-refractivity contribution in [3.8, 4) is 0 Å². The van der Waals surface area contributed by atoms with Gasteiger partial charge in [0.05, 0.1) is 23.6 Å². The molecule has 0 atom stereocenters. The summed E-state index contributed by atoms with van der Waals surface area (Å²) in [6.45, 7) is 4.31. The number of esters is 1. The van der Waals surface area contributed by atoms with Gasteiger partial charge in [-0.3, -0.25) is 9.48 Å². The van der Waals surface area contributed by atoms with Crippen LogP contribution in [-0.4, -0.2) is 48.0 Å². The summed E-state index contributed by atoms with van der Waals surface area (Å²) in [4.78, 5) is 24.9. The highest BCUT2D eigenvalue weighted by Gasteiger charge is 2.39. The molecule has 1 spiro atoms. The predicted octanol–water partition coefficient (Wildman–Crippen LogP) is 3.05. The Kier molecular flexibility index (Phi) is 6.55. The first-order valence-electron chi connectivity index (χ1n) is 11.0. The summed E-state index contributed by atoms with van der Waals surface area (Å²) in [6, 6.07) is 3.22. The molecule has 2 aliphatic heterocycles. The van der Waals surface area contributed by atoms with Crippen molar-refractivity contribution >= 4 is 11.9 Å². The number of hydrogen-bond donors (Lipinski definition) is 1. The van der Waals surface area contributed by atoms with Crippen LogP contribution in [0.3, 0.4) is 0 Å². The fourth-order valence-corrected chi connectivity index (χ4v) is 4.50. The zero-order chi connectivity index (χ0) is 22.7. The maximum Gasteiger partial charge on any atom is 0.344 e. The second kappa shape index (κ2) is 9.36. The molecule has 1 fully saturated rings.